The number of anilines is 1. The van der Waals surface area contributed by atoms with Crippen LogP contribution in [0.4, 0.5) is 5.13 Å². The molecule has 2 aromatic rings. The second-order valence-electron chi connectivity index (χ2n) is 6.60. The van der Waals surface area contributed by atoms with Crippen molar-refractivity contribution in [3.63, 3.8) is 0 Å². The highest BCUT2D eigenvalue weighted by Crippen LogP contribution is 2.44. The van der Waals surface area contributed by atoms with Crippen LogP contribution in [0.25, 0.3) is 0 Å². The van der Waals surface area contributed by atoms with E-state index in [-0.39, 0.29) is 17.9 Å². The van der Waals surface area contributed by atoms with E-state index >= 15 is 0 Å². The molecule has 1 fully saturated rings. The standard InChI is InChI=1S/C17H22N4O2S3/c1-11(2)18-13(22)10-25-16-21-20-15(26-16)19-14(23)17(7-3-4-8-17)12-6-5-9-24-12/h5-6,9,11H,3-4,7-8,10H2,1-2H3,(H,18,22)(H,19,20,23). The molecule has 1 aliphatic rings. The zero-order valence-electron chi connectivity index (χ0n) is 14.8. The maximum absolute atomic E-state index is 13.0. The smallest absolute Gasteiger partial charge is 0.237 e. The minimum absolute atomic E-state index is 0.00250. The minimum Gasteiger partial charge on any atom is -0.353 e. The van der Waals surface area contributed by atoms with E-state index in [0.29, 0.717) is 15.2 Å². The average molecular weight is 411 g/mol. The molecule has 0 atom stereocenters. The molecule has 0 aromatic carbocycles. The Hall–Kier alpha value is -1.45. The maximum Gasteiger partial charge on any atom is 0.237 e. The molecule has 2 aromatic heterocycles. The van der Waals surface area contributed by atoms with Crippen molar-refractivity contribution in [1.82, 2.24) is 15.5 Å². The number of nitrogens with zero attached hydrogens (tertiary/aromatic N) is 2. The van der Waals surface area contributed by atoms with E-state index in [1.54, 1.807) is 11.3 Å². The predicted molar refractivity (Wildman–Crippen MR) is 107 cm³/mol. The molecule has 0 radical (unpaired) electrons. The van der Waals surface area contributed by atoms with Gasteiger partial charge >= 0.3 is 0 Å². The van der Waals surface area contributed by atoms with Gasteiger partial charge < -0.3 is 5.32 Å². The summed E-state index contributed by atoms with van der Waals surface area (Å²) in [5.74, 6) is 0.260. The molecular formula is C17H22N4O2S3. The summed E-state index contributed by atoms with van der Waals surface area (Å²) in [7, 11) is 0. The topological polar surface area (TPSA) is 84.0 Å². The van der Waals surface area contributed by atoms with Gasteiger partial charge in [0.25, 0.3) is 0 Å². The summed E-state index contributed by atoms with van der Waals surface area (Å²) < 4.78 is 0.677. The van der Waals surface area contributed by atoms with E-state index in [1.807, 2.05) is 31.4 Å². The largest absolute Gasteiger partial charge is 0.353 e. The van der Waals surface area contributed by atoms with Crippen molar-refractivity contribution in [1.29, 1.82) is 0 Å². The lowest BCUT2D eigenvalue weighted by molar-refractivity contribution is -0.121. The van der Waals surface area contributed by atoms with E-state index in [1.165, 1.54) is 23.1 Å². The lowest BCUT2D eigenvalue weighted by Crippen LogP contribution is -2.37. The highest BCUT2D eigenvalue weighted by Gasteiger charge is 2.43. The maximum atomic E-state index is 13.0. The number of amides is 2. The van der Waals surface area contributed by atoms with Crippen LogP contribution in [-0.2, 0) is 15.0 Å². The number of hydrogen-bond donors (Lipinski definition) is 2. The van der Waals surface area contributed by atoms with Crippen LogP contribution in [0.1, 0.15) is 44.4 Å². The van der Waals surface area contributed by atoms with Gasteiger partial charge in [-0.2, -0.15) is 0 Å². The molecule has 2 heterocycles. The number of thioether (sulfide) groups is 1. The first-order valence-corrected chi connectivity index (χ1v) is 11.3. The number of rotatable bonds is 7. The number of nitrogens with one attached hydrogen (secondary N) is 2. The molecule has 0 spiro atoms. The number of hydrogen-bond acceptors (Lipinski definition) is 7. The van der Waals surface area contributed by atoms with Crippen LogP contribution >= 0.6 is 34.4 Å². The fourth-order valence-electron chi connectivity index (χ4n) is 3.14. The Morgan fingerprint density at radius 3 is 2.73 bits per heavy atom. The summed E-state index contributed by atoms with van der Waals surface area (Å²) in [5, 5.41) is 16.4. The molecule has 26 heavy (non-hydrogen) atoms. The monoisotopic (exact) mass is 410 g/mol. The van der Waals surface area contributed by atoms with E-state index in [0.717, 1.165) is 30.6 Å². The Kier molecular flexibility index (Phi) is 6.31. The molecule has 1 aliphatic carbocycles. The van der Waals surface area contributed by atoms with Crippen LogP contribution in [0, 0.1) is 0 Å². The van der Waals surface area contributed by atoms with E-state index in [4.69, 9.17) is 0 Å². The molecule has 0 unspecified atom stereocenters. The predicted octanol–water partition coefficient (Wildman–Crippen LogP) is 3.67. The summed E-state index contributed by atoms with van der Waals surface area (Å²) in [6.07, 6.45) is 3.87. The molecule has 2 N–H and O–H groups in total. The Balaban J connectivity index is 1.61. The third kappa shape index (κ3) is 4.44. The van der Waals surface area contributed by atoms with Gasteiger partial charge in [0.2, 0.25) is 16.9 Å². The van der Waals surface area contributed by atoms with Gasteiger partial charge in [0, 0.05) is 10.9 Å². The van der Waals surface area contributed by atoms with Crippen molar-refractivity contribution < 1.29 is 9.59 Å². The minimum atomic E-state index is -0.440. The molecule has 6 nitrogen and oxygen atoms in total. The van der Waals surface area contributed by atoms with Gasteiger partial charge in [-0.3, -0.25) is 14.9 Å². The molecule has 0 bridgehead atoms. The fourth-order valence-corrected chi connectivity index (χ4v) is 5.68. The van der Waals surface area contributed by atoms with E-state index in [2.05, 4.69) is 20.8 Å². The molecule has 140 valence electrons. The Bertz CT molecular complexity index is 752. The molecule has 9 heteroatoms. The first-order chi connectivity index (χ1) is 12.5. The molecule has 0 aliphatic heterocycles. The van der Waals surface area contributed by atoms with Gasteiger partial charge in [0.05, 0.1) is 11.2 Å². The van der Waals surface area contributed by atoms with Crippen LogP contribution in [0.2, 0.25) is 0 Å². The molecule has 0 saturated heterocycles. The number of carbonyl (C=O) groups excluding carboxylic acids is 2. The summed E-state index contributed by atoms with van der Waals surface area (Å²) in [4.78, 5) is 25.8. The molecular weight excluding hydrogens is 388 g/mol. The summed E-state index contributed by atoms with van der Waals surface area (Å²) in [5.41, 5.74) is -0.440. The second-order valence-corrected chi connectivity index (χ2v) is 9.75. The van der Waals surface area contributed by atoms with E-state index < -0.39 is 5.41 Å². The van der Waals surface area contributed by atoms with Gasteiger partial charge in [-0.1, -0.05) is 42.0 Å². The van der Waals surface area contributed by atoms with Crippen molar-refractivity contribution in [2.75, 3.05) is 11.1 Å². The zero-order valence-corrected chi connectivity index (χ0v) is 17.2. The lowest BCUT2D eigenvalue weighted by Gasteiger charge is -2.25. The van der Waals surface area contributed by atoms with Crippen molar-refractivity contribution in [3.8, 4) is 0 Å². The molecule has 2 amide bonds. The van der Waals surface area contributed by atoms with Crippen LogP contribution in [-0.4, -0.2) is 33.8 Å². The Labute approximate surface area is 165 Å². The van der Waals surface area contributed by atoms with Crippen LogP contribution < -0.4 is 10.6 Å². The van der Waals surface area contributed by atoms with Gasteiger partial charge in [-0.25, -0.2) is 0 Å². The number of thiophene rings is 1. The van der Waals surface area contributed by atoms with Crippen LogP contribution in [0.5, 0.6) is 0 Å². The van der Waals surface area contributed by atoms with Gasteiger partial charge in [-0.05, 0) is 38.1 Å². The first kappa shape index (κ1) is 19.3. The van der Waals surface area contributed by atoms with Crippen LogP contribution in [0.15, 0.2) is 21.9 Å². The summed E-state index contributed by atoms with van der Waals surface area (Å²) in [6.45, 7) is 3.85. The molecule has 3 rings (SSSR count). The Morgan fingerprint density at radius 1 is 1.31 bits per heavy atom. The third-order valence-electron chi connectivity index (χ3n) is 4.29. The van der Waals surface area contributed by atoms with Gasteiger partial charge in [-0.15, -0.1) is 21.5 Å². The zero-order chi connectivity index (χ0) is 18.6. The fraction of sp³-hybridized carbons (Fsp3) is 0.529. The third-order valence-corrected chi connectivity index (χ3v) is 7.33. The van der Waals surface area contributed by atoms with Gasteiger partial charge in [0.15, 0.2) is 4.34 Å². The normalized spacial score (nSPS) is 16.0. The Morgan fingerprint density at radius 2 is 2.08 bits per heavy atom. The number of carbonyl (C=O) groups is 2. The summed E-state index contributed by atoms with van der Waals surface area (Å²) in [6, 6.07) is 4.16. The van der Waals surface area contributed by atoms with Crippen molar-refractivity contribution in [2.24, 2.45) is 0 Å². The quantitative estimate of drug-likeness (QED) is 0.537. The van der Waals surface area contributed by atoms with Crippen molar-refractivity contribution >= 4 is 51.4 Å². The lowest BCUT2D eigenvalue weighted by atomic mass is 9.83. The highest BCUT2D eigenvalue weighted by molar-refractivity contribution is 8.01. The SMILES string of the molecule is CC(C)NC(=O)CSc1nnc(NC(=O)C2(c3cccs3)CCCC2)s1. The first-order valence-electron chi connectivity index (χ1n) is 8.61. The number of aromatic nitrogens is 2. The van der Waals surface area contributed by atoms with Crippen LogP contribution in [0.3, 0.4) is 0 Å². The molecule has 1 saturated carbocycles. The van der Waals surface area contributed by atoms with Crippen molar-refractivity contribution in [2.45, 2.75) is 55.3 Å². The van der Waals surface area contributed by atoms with Crippen molar-refractivity contribution in [3.05, 3.63) is 22.4 Å². The van der Waals surface area contributed by atoms with Gasteiger partial charge in [0.1, 0.15) is 0 Å². The average Bonchev–Trinajstić information content (AvgIpc) is 3.33. The highest BCUT2D eigenvalue weighted by atomic mass is 32.2. The summed E-state index contributed by atoms with van der Waals surface area (Å²) >= 11 is 4.28. The van der Waals surface area contributed by atoms with E-state index in [9.17, 15) is 9.59 Å². The second kappa shape index (κ2) is 8.49.